The highest BCUT2D eigenvalue weighted by Gasteiger charge is 2.24. The van der Waals surface area contributed by atoms with Crippen molar-refractivity contribution in [2.24, 2.45) is 0 Å². The van der Waals surface area contributed by atoms with E-state index in [0.717, 1.165) is 35.1 Å². The Morgan fingerprint density at radius 3 is 2.73 bits per heavy atom. The summed E-state index contributed by atoms with van der Waals surface area (Å²) >= 11 is 0. The van der Waals surface area contributed by atoms with E-state index >= 15 is 0 Å². The normalized spacial score (nSPS) is 18.5. The van der Waals surface area contributed by atoms with Crippen molar-refractivity contribution < 1.29 is 9.53 Å². The van der Waals surface area contributed by atoms with Crippen molar-refractivity contribution in [2.75, 3.05) is 30.4 Å². The van der Waals surface area contributed by atoms with Crippen molar-refractivity contribution in [1.29, 1.82) is 0 Å². The molecule has 0 unspecified atom stereocenters. The molecule has 8 heteroatoms. The Morgan fingerprint density at radius 1 is 1.12 bits per heavy atom. The summed E-state index contributed by atoms with van der Waals surface area (Å²) in [5.41, 5.74) is 3.54. The number of hydrogen-bond acceptors (Lipinski definition) is 7. The van der Waals surface area contributed by atoms with Crippen molar-refractivity contribution in [2.45, 2.75) is 25.9 Å². The molecule has 0 saturated carbocycles. The van der Waals surface area contributed by atoms with Crippen LogP contribution in [0.25, 0.3) is 21.8 Å². The molecule has 0 radical (unpaired) electrons. The Morgan fingerprint density at radius 2 is 1.94 bits per heavy atom. The van der Waals surface area contributed by atoms with Gasteiger partial charge in [-0.1, -0.05) is 12.1 Å². The van der Waals surface area contributed by atoms with Crippen LogP contribution in [0.15, 0.2) is 54.9 Å². The molecule has 4 aromatic rings. The van der Waals surface area contributed by atoms with E-state index in [1.54, 1.807) is 12.4 Å². The average molecular weight is 443 g/mol. The Hall–Kier alpha value is -3.78. The molecule has 168 valence electrons. The van der Waals surface area contributed by atoms with Crippen molar-refractivity contribution in [1.82, 2.24) is 20.3 Å². The molecule has 2 aromatic heterocycles. The first-order chi connectivity index (χ1) is 16.0. The number of anilines is 2. The maximum Gasteiger partial charge on any atom is 0.316 e. The van der Waals surface area contributed by atoms with Gasteiger partial charge < -0.3 is 20.3 Å². The summed E-state index contributed by atoms with van der Waals surface area (Å²) in [5.74, 6) is -0.246. The van der Waals surface area contributed by atoms with Crippen LogP contribution in [0, 0.1) is 0 Å². The number of aromatic nitrogens is 3. The fraction of sp³-hybridized carbons (Fsp3) is 0.280. The number of ether oxygens (including phenoxy) is 1. The van der Waals surface area contributed by atoms with E-state index in [2.05, 4.69) is 44.3 Å². The van der Waals surface area contributed by atoms with Crippen LogP contribution in [0.4, 0.5) is 11.4 Å². The molecule has 0 aliphatic carbocycles. The number of carbonyl (C=O) groups excluding carboxylic acids is 1. The third-order valence-electron chi connectivity index (χ3n) is 5.89. The van der Waals surface area contributed by atoms with E-state index in [0.29, 0.717) is 28.9 Å². The van der Waals surface area contributed by atoms with Crippen LogP contribution >= 0.6 is 0 Å². The van der Waals surface area contributed by atoms with Gasteiger partial charge in [0.25, 0.3) is 5.91 Å². The van der Waals surface area contributed by atoms with Crippen molar-refractivity contribution in [3.05, 3.63) is 60.4 Å². The zero-order valence-corrected chi connectivity index (χ0v) is 18.9. The summed E-state index contributed by atoms with van der Waals surface area (Å²) in [6.45, 7) is 6.07. The minimum atomic E-state index is -0.246. The number of hydrogen-bond donors (Lipinski definition) is 2. The SMILES string of the molecule is COc1ncc2c(N3C[C@@H](C)N[C@@H](C)C3)ccc(C(=O)Nc3ccc4cccnc4c3)c2n1. The van der Waals surface area contributed by atoms with Gasteiger partial charge >= 0.3 is 6.01 Å². The molecule has 1 aliphatic heterocycles. The van der Waals surface area contributed by atoms with Gasteiger partial charge in [-0.2, -0.15) is 4.98 Å². The monoisotopic (exact) mass is 442 g/mol. The third kappa shape index (κ3) is 4.17. The zero-order chi connectivity index (χ0) is 22.9. The minimum Gasteiger partial charge on any atom is -0.467 e. The summed E-state index contributed by atoms with van der Waals surface area (Å²) in [4.78, 5) is 28.9. The second-order valence-corrected chi connectivity index (χ2v) is 8.49. The first-order valence-corrected chi connectivity index (χ1v) is 11.0. The molecule has 2 aromatic carbocycles. The number of rotatable bonds is 4. The molecule has 2 N–H and O–H groups in total. The smallest absolute Gasteiger partial charge is 0.316 e. The number of benzene rings is 2. The number of methoxy groups -OCH3 is 1. The molecule has 3 heterocycles. The topological polar surface area (TPSA) is 92.3 Å². The van der Waals surface area contributed by atoms with E-state index in [-0.39, 0.29) is 11.9 Å². The van der Waals surface area contributed by atoms with Crippen LogP contribution in [0.2, 0.25) is 0 Å². The lowest BCUT2D eigenvalue weighted by Crippen LogP contribution is -2.54. The number of piperazine rings is 1. The number of amides is 1. The molecule has 1 saturated heterocycles. The van der Waals surface area contributed by atoms with E-state index < -0.39 is 0 Å². The van der Waals surface area contributed by atoms with Gasteiger partial charge in [0, 0.05) is 59.7 Å². The fourth-order valence-electron chi connectivity index (χ4n) is 4.51. The van der Waals surface area contributed by atoms with Crippen LogP contribution in [-0.2, 0) is 0 Å². The number of pyridine rings is 1. The van der Waals surface area contributed by atoms with Gasteiger partial charge in [-0.15, -0.1) is 0 Å². The highest BCUT2D eigenvalue weighted by molar-refractivity contribution is 6.14. The Balaban J connectivity index is 1.53. The van der Waals surface area contributed by atoms with Gasteiger partial charge in [-0.25, -0.2) is 4.98 Å². The third-order valence-corrected chi connectivity index (χ3v) is 5.89. The summed E-state index contributed by atoms with van der Waals surface area (Å²) in [7, 11) is 1.52. The highest BCUT2D eigenvalue weighted by Crippen LogP contribution is 2.31. The highest BCUT2D eigenvalue weighted by atomic mass is 16.5. The van der Waals surface area contributed by atoms with Gasteiger partial charge in [-0.05, 0) is 44.2 Å². The van der Waals surface area contributed by atoms with E-state index in [1.807, 2.05) is 42.5 Å². The van der Waals surface area contributed by atoms with Gasteiger partial charge in [0.2, 0.25) is 0 Å². The second-order valence-electron chi connectivity index (χ2n) is 8.49. The maximum atomic E-state index is 13.3. The van der Waals surface area contributed by atoms with Crippen LogP contribution in [0.1, 0.15) is 24.2 Å². The lowest BCUT2D eigenvalue weighted by molar-refractivity contribution is 0.102. The number of fused-ring (bicyclic) bond motifs is 2. The summed E-state index contributed by atoms with van der Waals surface area (Å²) in [6.07, 6.45) is 3.48. The Bertz CT molecular complexity index is 1330. The Kier molecular flexibility index (Phi) is 5.51. The lowest BCUT2D eigenvalue weighted by Gasteiger charge is -2.38. The molecule has 8 nitrogen and oxygen atoms in total. The number of nitrogens with one attached hydrogen (secondary N) is 2. The number of nitrogens with zero attached hydrogens (tertiary/aromatic N) is 4. The van der Waals surface area contributed by atoms with Crippen LogP contribution < -0.4 is 20.3 Å². The van der Waals surface area contributed by atoms with Crippen molar-refractivity contribution in [3.8, 4) is 6.01 Å². The number of carbonyl (C=O) groups is 1. The molecule has 33 heavy (non-hydrogen) atoms. The first-order valence-electron chi connectivity index (χ1n) is 11.0. The van der Waals surface area contributed by atoms with Gasteiger partial charge in [0.15, 0.2) is 0 Å². The van der Waals surface area contributed by atoms with Crippen LogP contribution in [0.3, 0.4) is 0 Å². The predicted octanol–water partition coefficient (Wildman–Crippen LogP) is 3.63. The molecule has 5 rings (SSSR count). The molecule has 2 atom stereocenters. The summed E-state index contributed by atoms with van der Waals surface area (Å²) < 4.78 is 5.26. The molecule has 1 amide bonds. The van der Waals surface area contributed by atoms with Crippen LogP contribution in [0.5, 0.6) is 6.01 Å². The Labute approximate surface area is 192 Å². The average Bonchev–Trinajstić information content (AvgIpc) is 2.82. The minimum absolute atomic E-state index is 0.227. The molecule has 1 fully saturated rings. The van der Waals surface area contributed by atoms with Gasteiger partial charge in [-0.3, -0.25) is 9.78 Å². The lowest BCUT2D eigenvalue weighted by atomic mass is 10.0. The first kappa shape index (κ1) is 21.1. The second kappa shape index (κ2) is 8.63. The quantitative estimate of drug-likeness (QED) is 0.499. The zero-order valence-electron chi connectivity index (χ0n) is 18.9. The van der Waals surface area contributed by atoms with Gasteiger partial charge in [0.1, 0.15) is 0 Å². The molecular weight excluding hydrogens is 416 g/mol. The van der Waals surface area contributed by atoms with E-state index in [4.69, 9.17) is 4.74 Å². The summed E-state index contributed by atoms with van der Waals surface area (Å²) in [6, 6.07) is 14.3. The molecule has 0 bridgehead atoms. The predicted molar refractivity (Wildman–Crippen MR) is 130 cm³/mol. The molecule has 1 aliphatic rings. The fourth-order valence-corrected chi connectivity index (χ4v) is 4.51. The standard InChI is InChI=1S/C25H26N6O2/c1-15-13-31(14-16(2)28-15)22-9-8-19(23-20(22)12-27-25(30-23)33-3)24(32)29-18-7-6-17-5-4-10-26-21(17)11-18/h4-12,15-16,28H,13-14H2,1-3H3,(H,29,32)/t15-,16+. The molecule has 0 spiro atoms. The maximum absolute atomic E-state index is 13.3. The van der Waals surface area contributed by atoms with Crippen LogP contribution in [-0.4, -0.2) is 53.1 Å². The summed E-state index contributed by atoms with van der Waals surface area (Å²) in [5, 5.41) is 8.38. The van der Waals surface area contributed by atoms with E-state index in [9.17, 15) is 4.79 Å². The van der Waals surface area contributed by atoms with Gasteiger partial charge in [0.05, 0.1) is 23.7 Å². The van der Waals surface area contributed by atoms with Crippen molar-refractivity contribution in [3.63, 3.8) is 0 Å². The molecular formula is C25H26N6O2. The largest absolute Gasteiger partial charge is 0.467 e. The van der Waals surface area contributed by atoms with E-state index in [1.165, 1.54) is 7.11 Å². The van der Waals surface area contributed by atoms with Crippen molar-refractivity contribution >= 4 is 39.1 Å².